The minimum absolute atomic E-state index is 0.0116. The molecule has 30 heavy (non-hydrogen) atoms. The summed E-state index contributed by atoms with van der Waals surface area (Å²) >= 11 is -1.48. The van der Waals surface area contributed by atoms with Crippen LogP contribution in [0, 0.1) is 11.6 Å². The molecule has 2 aromatic carbocycles. The van der Waals surface area contributed by atoms with Gasteiger partial charge in [-0.15, -0.1) is 0 Å². The molecule has 6 nitrogen and oxygen atoms in total. The van der Waals surface area contributed by atoms with E-state index in [0.717, 1.165) is 23.4 Å². The van der Waals surface area contributed by atoms with Crippen LogP contribution < -0.4 is 10.1 Å². The summed E-state index contributed by atoms with van der Waals surface area (Å²) in [6.45, 7) is 0.350. The first kappa shape index (κ1) is 20.4. The summed E-state index contributed by atoms with van der Waals surface area (Å²) in [6, 6.07) is 8.70. The van der Waals surface area contributed by atoms with E-state index < -0.39 is 22.8 Å². The molecule has 0 saturated heterocycles. The Labute approximate surface area is 175 Å². The maximum Gasteiger partial charge on any atom is 0.327 e. The van der Waals surface area contributed by atoms with Crippen LogP contribution in [0.15, 0.2) is 53.9 Å². The number of carbonyl (C=O) groups is 1. The van der Waals surface area contributed by atoms with E-state index in [1.807, 2.05) is 12.1 Å². The van der Waals surface area contributed by atoms with Gasteiger partial charge in [0, 0.05) is 42.0 Å². The predicted molar refractivity (Wildman–Crippen MR) is 108 cm³/mol. The highest BCUT2D eigenvalue weighted by atomic mass is 32.2. The van der Waals surface area contributed by atoms with Crippen molar-refractivity contribution in [2.24, 2.45) is 0 Å². The standard InChI is InChI=1S/C21H19F2N3O3S/c22-15-3-6-19(17(23)13-15)26-9-8-24-21(26)30(28)11-1-10-29-16-4-5-18-14(12-16)2-7-20(27)25-18/h3-6,8-9,12-13H,1-2,7,10-11H2,(H,25,27). The highest BCUT2D eigenvalue weighted by molar-refractivity contribution is 7.91. The van der Waals surface area contributed by atoms with Crippen molar-refractivity contribution in [1.29, 1.82) is 0 Å². The van der Waals surface area contributed by atoms with Crippen LogP contribution in [0.2, 0.25) is 0 Å². The number of ether oxygens (including phenoxy) is 1. The summed E-state index contributed by atoms with van der Waals surface area (Å²) in [6.07, 6.45) is 4.55. The molecule has 1 aliphatic rings. The van der Waals surface area contributed by atoms with Gasteiger partial charge in [0.05, 0.1) is 18.5 Å². The summed E-state index contributed by atoms with van der Waals surface area (Å²) in [5.74, 6) is -0.456. The summed E-state index contributed by atoms with van der Waals surface area (Å²) < 4.78 is 47.0. The zero-order chi connectivity index (χ0) is 21.1. The number of hydrogen-bond donors (Lipinski definition) is 1. The quantitative estimate of drug-likeness (QED) is 0.458. The second-order valence-corrected chi connectivity index (χ2v) is 8.26. The van der Waals surface area contributed by atoms with E-state index in [2.05, 4.69) is 10.3 Å². The van der Waals surface area contributed by atoms with Crippen molar-refractivity contribution in [3.8, 4) is 11.4 Å². The second-order valence-electron chi connectivity index (χ2n) is 6.79. The molecule has 3 aromatic rings. The minimum atomic E-state index is -1.48. The summed E-state index contributed by atoms with van der Waals surface area (Å²) in [4.78, 5) is 15.5. The van der Waals surface area contributed by atoms with Gasteiger partial charge in [0.1, 0.15) is 23.1 Å². The van der Waals surface area contributed by atoms with Gasteiger partial charge < -0.3 is 14.6 Å². The molecule has 0 aliphatic carbocycles. The zero-order valence-electron chi connectivity index (χ0n) is 15.9. The van der Waals surface area contributed by atoms with Gasteiger partial charge in [-0.1, -0.05) is 0 Å². The van der Waals surface area contributed by atoms with E-state index in [1.54, 1.807) is 6.07 Å². The zero-order valence-corrected chi connectivity index (χ0v) is 16.8. The Morgan fingerprint density at radius 2 is 2.07 bits per heavy atom. The maximum absolute atomic E-state index is 14.1. The van der Waals surface area contributed by atoms with Crippen LogP contribution in [0.25, 0.3) is 5.69 Å². The van der Waals surface area contributed by atoms with Crippen LogP contribution in [0.5, 0.6) is 5.75 Å². The molecule has 0 spiro atoms. The second kappa shape index (κ2) is 8.85. The first-order chi connectivity index (χ1) is 14.5. The molecule has 1 aliphatic heterocycles. The largest absolute Gasteiger partial charge is 0.609 e. The molecule has 4 rings (SSSR count). The number of halogens is 2. The number of amides is 1. The van der Waals surface area contributed by atoms with Crippen LogP contribution in [0.4, 0.5) is 14.5 Å². The van der Waals surface area contributed by atoms with Crippen LogP contribution in [-0.2, 0) is 22.4 Å². The lowest BCUT2D eigenvalue weighted by molar-refractivity contribution is -0.116. The smallest absolute Gasteiger partial charge is 0.327 e. The number of nitrogens with zero attached hydrogens (tertiary/aromatic N) is 2. The monoisotopic (exact) mass is 431 g/mol. The molecule has 0 saturated carbocycles. The summed E-state index contributed by atoms with van der Waals surface area (Å²) in [5, 5.41) is 3.02. The molecule has 2 heterocycles. The molecule has 1 N–H and O–H groups in total. The third-order valence-electron chi connectivity index (χ3n) is 4.69. The van der Waals surface area contributed by atoms with Crippen molar-refractivity contribution in [3.05, 3.63) is 66.0 Å². The molecule has 1 unspecified atom stereocenters. The number of imidazole rings is 1. The first-order valence-corrected chi connectivity index (χ1v) is 10.8. The van der Waals surface area contributed by atoms with Gasteiger partial charge in [-0.3, -0.25) is 9.36 Å². The normalized spacial score (nSPS) is 14.2. The van der Waals surface area contributed by atoms with E-state index in [-0.39, 0.29) is 22.5 Å². The lowest BCUT2D eigenvalue weighted by atomic mass is 10.0. The van der Waals surface area contributed by atoms with Gasteiger partial charge in [0.25, 0.3) is 0 Å². The molecule has 1 atom stereocenters. The van der Waals surface area contributed by atoms with Crippen molar-refractivity contribution in [1.82, 2.24) is 9.55 Å². The van der Waals surface area contributed by atoms with Gasteiger partial charge >= 0.3 is 5.16 Å². The molecule has 9 heteroatoms. The van der Waals surface area contributed by atoms with Gasteiger partial charge in [0.15, 0.2) is 0 Å². The van der Waals surface area contributed by atoms with Gasteiger partial charge in [-0.25, -0.2) is 8.78 Å². The number of benzene rings is 2. The topological polar surface area (TPSA) is 79.2 Å². The predicted octanol–water partition coefficient (Wildman–Crippen LogP) is 3.61. The van der Waals surface area contributed by atoms with Gasteiger partial charge in [-0.05, 0) is 42.3 Å². The fraction of sp³-hybridized carbons (Fsp3) is 0.238. The van der Waals surface area contributed by atoms with Gasteiger partial charge in [-0.2, -0.15) is 4.98 Å². The first-order valence-electron chi connectivity index (χ1n) is 9.44. The van der Waals surface area contributed by atoms with E-state index >= 15 is 0 Å². The van der Waals surface area contributed by atoms with E-state index in [4.69, 9.17) is 4.74 Å². The van der Waals surface area contributed by atoms with Crippen LogP contribution >= 0.6 is 0 Å². The van der Waals surface area contributed by atoms with E-state index in [9.17, 15) is 18.1 Å². The average molecular weight is 431 g/mol. The van der Waals surface area contributed by atoms with Crippen LogP contribution in [0.3, 0.4) is 0 Å². The van der Waals surface area contributed by atoms with Crippen molar-refractivity contribution < 1.29 is 22.9 Å². The molecule has 1 aromatic heterocycles. The average Bonchev–Trinajstić information content (AvgIpc) is 3.20. The number of nitrogens with one attached hydrogen (secondary N) is 1. The van der Waals surface area contributed by atoms with Crippen LogP contribution in [0.1, 0.15) is 18.4 Å². The third kappa shape index (κ3) is 4.47. The minimum Gasteiger partial charge on any atom is -0.609 e. The number of carbonyl (C=O) groups excluding carboxylic acids is 1. The Morgan fingerprint density at radius 1 is 1.20 bits per heavy atom. The fourth-order valence-corrected chi connectivity index (χ4v) is 4.36. The number of rotatable bonds is 7. The van der Waals surface area contributed by atoms with E-state index in [0.29, 0.717) is 31.6 Å². The fourth-order valence-electron chi connectivity index (χ4n) is 3.24. The Morgan fingerprint density at radius 3 is 2.90 bits per heavy atom. The maximum atomic E-state index is 14.1. The Balaban J connectivity index is 1.33. The molecule has 0 bridgehead atoms. The SMILES string of the molecule is O=C1CCc2cc(OCCC[S+]([O-])c3nccn3-c3ccc(F)cc3F)ccc2N1. The molecule has 1 amide bonds. The van der Waals surface area contributed by atoms with Crippen molar-refractivity contribution >= 4 is 22.8 Å². The summed E-state index contributed by atoms with van der Waals surface area (Å²) in [5.41, 5.74) is 1.92. The van der Waals surface area contributed by atoms with Gasteiger partial charge in [0.2, 0.25) is 5.91 Å². The van der Waals surface area contributed by atoms with E-state index in [1.165, 1.54) is 23.0 Å². The highest BCUT2D eigenvalue weighted by Crippen LogP contribution is 2.27. The highest BCUT2D eigenvalue weighted by Gasteiger charge is 2.21. The number of aryl methyl sites for hydroxylation is 1. The third-order valence-corrected chi connectivity index (χ3v) is 6.06. The number of hydrogen-bond acceptors (Lipinski definition) is 4. The Bertz CT molecular complexity index is 1070. The lowest BCUT2D eigenvalue weighted by Gasteiger charge is -2.17. The van der Waals surface area contributed by atoms with Crippen LogP contribution in [-0.4, -0.2) is 32.4 Å². The number of anilines is 1. The number of fused-ring (bicyclic) bond motifs is 1. The molecular formula is C21H19F2N3O3S. The molecule has 0 fully saturated rings. The van der Waals surface area contributed by atoms with Crippen molar-refractivity contribution in [2.45, 2.75) is 24.4 Å². The molecular weight excluding hydrogens is 412 g/mol. The lowest BCUT2D eigenvalue weighted by Crippen LogP contribution is -2.19. The Hall–Kier alpha value is -2.91. The number of aromatic nitrogens is 2. The van der Waals surface area contributed by atoms with Crippen molar-refractivity contribution in [2.75, 3.05) is 17.7 Å². The summed E-state index contributed by atoms with van der Waals surface area (Å²) in [7, 11) is 0. The van der Waals surface area contributed by atoms with Crippen molar-refractivity contribution in [3.63, 3.8) is 0 Å². The molecule has 156 valence electrons. The molecule has 0 radical (unpaired) electrons. The Kier molecular flexibility index (Phi) is 6.01.